The lowest BCUT2D eigenvalue weighted by Gasteiger charge is -2.06. The second kappa shape index (κ2) is 28.0. The average molecular weight is 438 g/mol. The number of hydrogen-bond donors (Lipinski definition) is 1. The molecule has 1 nitrogen and oxygen atoms in total. The molecule has 0 spiro atoms. The van der Waals surface area contributed by atoms with Gasteiger partial charge in [-0.25, -0.2) is 0 Å². The van der Waals surface area contributed by atoms with Gasteiger partial charge in [-0.05, 0) is 31.8 Å². The molecule has 0 heterocycles. The number of rotatable bonds is 27. The van der Waals surface area contributed by atoms with E-state index in [1.165, 1.54) is 167 Å². The highest BCUT2D eigenvalue weighted by Crippen LogP contribution is 2.14. The predicted octanol–water partition coefficient (Wildman–Crippen LogP) is 10.6. The van der Waals surface area contributed by atoms with Gasteiger partial charge in [-0.15, -0.1) is 0 Å². The molecule has 0 amide bonds. The van der Waals surface area contributed by atoms with Crippen LogP contribution in [0.5, 0.6) is 0 Å². The molecule has 0 fully saturated rings. The van der Waals surface area contributed by atoms with Gasteiger partial charge in [-0.3, -0.25) is 0 Å². The van der Waals surface area contributed by atoms with E-state index in [9.17, 15) is 0 Å². The minimum atomic E-state index is 0.892. The van der Waals surface area contributed by atoms with Gasteiger partial charge in [0.2, 0.25) is 0 Å². The Labute approximate surface area is 199 Å². The lowest BCUT2D eigenvalue weighted by atomic mass is 10.0. The maximum atomic E-state index is 3.66. The van der Waals surface area contributed by atoms with E-state index in [1.54, 1.807) is 0 Å². The molecule has 0 aromatic heterocycles. The molecule has 0 aromatic rings. The van der Waals surface area contributed by atoms with Gasteiger partial charge in [-0.2, -0.15) is 0 Å². The standard InChI is InChI=1S/C30H63N/c1-4-5-6-7-8-9-10-11-12-13-16-19-22-25-28-31-29-26-23-20-17-14-15-18-21-24-27-30(2)3/h30-31H,4-29H2,1-3H3. The summed E-state index contributed by atoms with van der Waals surface area (Å²) in [6.07, 6.45) is 34.8. The third-order valence-corrected chi connectivity index (χ3v) is 6.84. The predicted molar refractivity (Wildman–Crippen MR) is 144 cm³/mol. The topological polar surface area (TPSA) is 12.0 Å². The quantitative estimate of drug-likeness (QED) is 0.126. The zero-order valence-electron chi connectivity index (χ0n) is 22.5. The van der Waals surface area contributed by atoms with Crippen LogP contribution in [-0.2, 0) is 0 Å². The van der Waals surface area contributed by atoms with E-state index in [-0.39, 0.29) is 0 Å². The summed E-state index contributed by atoms with van der Waals surface area (Å²) in [5.74, 6) is 0.892. The molecule has 0 aliphatic carbocycles. The smallest absolute Gasteiger partial charge is 0.00489 e. The summed E-state index contributed by atoms with van der Waals surface area (Å²) in [5, 5.41) is 3.66. The van der Waals surface area contributed by atoms with Crippen LogP contribution in [-0.4, -0.2) is 13.1 Å². The minimum absolute atomic E-state index is 0.892. The van der Waals surface area contributed by atoms with Crippen LogP contribution in [0.15, 0.2) is 0 Å². The fourth-order valence-corrected chi connectivity index (χ4v) is 4.61. The van der Waals surface area contributed by atoms with E-state index in [2.05, 4.69) is 26.1 Å². The lowest BCUT2D eigenvalue weighted by molar-refractivity contribution is 0.502. The molecule has 0 unspecified atom stereocenters. The Morgan fingerprint density at radius 2 is 0.677 bits per heavy atom. The molecule has 0 aliphatic rings. The van der Waals surface area contributed by atoms with Gasteiger partial charge in [0, 0.05) is 0 Å². The Balaban J connectivity index is 2.99. The molecule has 1 N–H and O–H groups in total. The summed E-state index contributed by atoms with van der Waals surface area (Å²) in [5.41, 5.74) is 0. The average Bonchev–Trinajstić information content (AvgIpc) is 2.76. The highest BCUT2D eigenvalue weighted by molar-refractivity contribution is 4.53. The van der Waals surface area contributed by atoms with Crippen molar-refractivity contribution in [3.63, 3.8) is 0 Å². The SMILES string of the molecule is CCCCCCCCCCCCCCCCNCCCCCCCCCCCC(C)C. The number of unbranched alkanes of at least 4 members (excludes halogenated alkanes) is 21. The Morgan fingerprint density at radius 1 is 0.387 bits per heavy atom. The summed E-state index contributed by atoms with van der Waals surface area (Å²) < 4.78 is 0. The molecule has 0 bridgehead atoms. The maximum absolute atomic E-state index is 3.66. The van der Waals surface area contributed by atoms with E-state index in [1.807, 2.05) is 0 Å². The van der Waals surface area contributed by atoms with Crippen molar-refractivity contribution in [3.8, 4) is 0 Å². The number of hydrogen-bond acceptors (Lipinski definition) is 1. The highest BCUT2D eigenvalue weighted by atomic mass is 14.8. The summed E-state index contributed by atoms with van der Waals surface area (Å²) in [6.45, 7) is 9.47. The maximum Gasteiger partial charge on any atom is -0.00489 e. The first-order chi connectivity index (χ1) is 15.3. The van der Waals surface area contributed by atoms with Crippen molar-refractivity contribution in [1.82, 2.24) is 5.32 Å². The van der Waals surface area contributed by atoms with Gasteiger partial charge in [-0.1, -0.05) is 162 Å². The van der Waals surface area contributed by atoms with Crippen molar-refractivity contribution in [2.45, 2.75) is 175 Å². The normalized spacial score (nSPS) is 11.6. The largest absolute Gasteiger partial charge is 0.317 e. The fraction of sp³-hybridized carbons (Fsp3) is 1.00. The van der Waals surface area contributed by atoms with Gasteiger partial charge >= 0.3 is 0 Å². The van der Waals surface area contributed by atoms with E-state index >= 15 is 0 Å². The zero-order chi connectivity index (χ0) is 22.7. The molecular formula is C30H63N. The van der Waals surface area contributed by atoms with Gasteiger partial charge in [0.05, 0.1) is 0 Å². The highest BCUT2D eigenvalue weighted by Gasteiger charge is 1.96. The van der Waals surface area contributed by atoms with Crippen molar-refractivity contribution in [2.24, 2.45) is 5.92 Å². The first-order valence-electron chi connectivity index (χ1n) is 15.0. The van der Waals surface area contributed by atoms with Gasteiger partial charge in [0.1, 0.15) is 0 Å². The summed E-state index contributed by atoms with van der Waals surface area (Å²) >= 11 is 0. The molecule has 0 saturated heterocycles. The summed E-state index contributed by atoms with van der Waals surface area (Å²) in [7, 11) is 0. The van der Waals surface area contributed by atoms with Crippen molar-refractivity contribution in [3.05, 3.63) is 0 Å². The molecule has 0 atom stereocenters. The van der Waals surface area contributed by atoms with Crippen molar-refractivity contribution in [2.75, 3.05) is 13.1 Å². The van der Waals surface area contributed by atoms with Crippen molar-refractivity contribution < 1.29 is 0 Å². The van der Waals surface area contributed by atoms with Gasteiger partial charge in [0.25, 0.3) is 0 Å². The Kier molecular flexibility index (Phi) is 28.0. The van der Waals surface area contributed by atoms with E-state index < -0.39 is 0 Å². The molecule has 0 rings (SSSR count). The van der Waals surface area contributed by atoms with Crippen LogP contribution >= 0.6 is 0 Å². The van der Waals surface area contributed by atoms with Crippen molar-refractivity contribution >= 4 is 0 Å². The minimum Gasteiger partial charge on any atom is -0.317 e. The monoisotopic (exact) mass is 437 g/mol. The van der Waals surface area contributed by atoms with Crippen LogP contribution in [0, 0.1) is 5.92 Å². The van der Waals surface area contributed by atoms with E-state index in [0.717, 1.165) is 5.92 Å². The Hall–Kier alpha value is -0.0400. The first kappa shape index (κ1) is 31.0. The molecule has 188 valence electrons. The number of nitrogens with one attached hydrogen (secondary N) is 1. The third kappa shape index (κ3) is 30.0. The Bertz CT molecular complexity index is 299. The Morgan fingerprint density at radius 3 is 1.00 bits per heavy atom. The molecule has 0 saturated carbocycles. The second-order valence-electron chi connectivity index (χ2n) is 10.7. The zero-order valence-corrected chi connectivity index (χ0v) is 22.5. The molecular weight excluding hydrogens is 374 g/mol. The van der Waals surface area contributed by atoms with Crippen LogP contribution in [0.2, 0.25) is 0 Å². The van der Waals surface area contributed by atoms with Crippen LogP contribution in [0.3, 0.4) is 0 Å². The first-order valence-corrected chi connectivity index (χ1v) is 15.0. The van der Waals surface area contributed by atoms with E-state index in [4.69, 9.17) is 0 Å². The third-order valence-electron chi connectivity index (χ3n) is 6.84. The van der Waals surface area contributed by atoms with Crippen LogP contribution < -0.4 is 5.32 Å². The van der Waals surface area contributed by atoms with Crippen LogP contribution in [0.25, 0.3) is 0 Å². The van der Waals surface area contributed by atoms with Gasteiger partial charge in [0.15, 0.2) is 0 Å². The second-order valence-corrected chi connectivity index (χ2v) is 10.7. The lowest BCUT2D eigenvalue weighted by Crippen LogP contribution is -2.16. The van der Waals surface area contributed by atoms with Crippen molar-refractivity contribution in [1.29, 1.82) is 0 Å². The molecule has 1 heteroatoms. The summed E-state index contributed by atoms with van der Waals surface area (Å²) in [4.78, 5) is 0. The molecule has 0 aromatic carbocycles. The molecule has 0 radical (unpaired) electrons. The molecule has 31 heavy (non-hydrogen) atoms. The van der Waals surface area contributed by atoms with E-state index in [0.29, 0.717) is 0 Å². The molecule has 0 aliphatic heterocycles. The van der Waals surface area contributed by atoms with Crippen LogP contribution in [0.4, 0.5) is 0 Å². The fourth-order valence-electron chi connectivity index (χ4n) is 4.61. The summed E-state index contributed by atoms with van der Waals surface area (Å²) in [6, 6.07) is 0. The van der Waals surface area contributed by atoms with Crippen LogP contribution in [0.1, 0.15) is 175 Å². The van der Waals surface area contributed by atoms with Gasteiger partial charge < -0.3 is 5.32 Å².